The normalized spacial score (nSPS) is 38.8. The van der Waals surface area contributed by atoms with Gasteiger partial charge in [-0.25, -0.2) is 0 Å². The molecule has 2 aliphatic rings. The Morgan fingerprint density at radius 3 is 2.89 bits per heavy atom. The number of aliphatic hydroxyl groups excluding tert-OH is 2. The second kappa shape index (κ2) is 6.85. The molecule has 0 spiro atoms. The molecule has 0 radical (unpaired) electrons. The highest BCUT2D eigenvalue weighted by atomic mass is 16.5. The van der Waals surface area contributed by atoms with E-state index in [-0.39, 0.29) is 18.8 Å². The minimum atomic E-state index is -0.136. The molecule has 1 saturated carbocycles. The molecule has 18 heavy (non-hydrogen) atoms. The van der Waals surface area contributed by atoms with E-state index in [1.165, 1.54) is 12.8 Å². The van der Waals surface area contributed by atoms with Gasteiger partial charge in [-0.3, -0.25) is 4.90 Å². The Balaban J connectivity index is 1.83. The van der Waals surface area contributed by atoms with E-state index in [9.17, 15) is 5.11 Å². The van der Waals surface area contributed by atoms with Gasteiger partial charge >= 0.3 is 0 Å². The maximum absolute atomic E-state index is 10.1. The van der Waals surface area contributed by atoms with Gasteiger partial charge < -0.3 is 14.9 Å². The van der Waals surface area contributed by atoms with Crippen LogP contribution in [0.15, 0.2) is 0 Å². The van der Waals surface area contributed by atoms with E-state index in [0.717, 1.165) is 38.4 Å². The van der Waals surface area contributed by atoms with Gasteiger partial charge in [0.2, 0.25) is 0 Å². The fourth-order valence-corrected chi connectivity index (χ4v) is 3.30. The van der Waals surface area contributed by atoms with Gasteiger partial charge in [0.15, 0.2) is 0 Å². The Morgan fingerprint density at radius 2 is 2.17 bits per heavy atom. The zero-order valence-corrected chi connectivity index (χ0v) is 11.4. The van der Waals surface area contributed by atoms with Crippen LogP contribution in [0.2, 0.25) is 0 Å². The van der Waals surface area contributed by atoms with E-state index in [2.05, 4.69) is 11.8 Å². The molecule has 4 unspecified atom stereocenters. The molecule has 2 N–H and O–H groups in total. The first-order chi connectivity index (χ1) is 8.72. The second-order valence-corrected chi connectivity index (χ2v) is 5.85. The van der Waals surface area contributed by atoms with Crippen LogP contribution < -0.4 is 0 Å². The topological polar surface area (TPSA) is 52.9 Å². The molecular formula is C14H27NO3. The molecule has 4 nitrogen and oxygen atoms in total. The Bertz CT molecular complexity index is 249. The lowest BCUT2D eigenvalue weighted by Crippen LogP contribution is -2.48. The van der Waals surface area contributed by atoms with Gasteiger partial charge in [0.1, 0.15) is 0 Å². The van der Waals surface area contributed by atoms with E-state index < -0.39 is 0 Å². The Kier molecular flexibility index (Phi) is 5.42. The lowest BCUT2D eigenvalue weighted by Gasteiger charge is -2.39. The molecule has 0 aromatic rings. The van der Waals surface area contributed by atoms with Crippen LogP contribution in [0.3, 0.4) is 0 Å². The largest absolute Gasteiger partial charge is 0.394 e. The summed E-state index contributed by atoms with van der Waals surface area (Å²) >= 11 is 0. The zero-order valence-electron chi connectivity index (χ0n) is 11.4. The van der Waals surface area contributed by atoms with Crippen molar-refractivity contribution in [3.8, 4) is 0 Å². The lowest BCUT2D eigenvalue weighted by molar-refractivity contribution is -0.0662. The molecule has 1 saturated heterocycles. The molecule has 0 amide bonds. The van der Waals surface area contributed by atoms with Crippen LogP contribution >= 0.6 is 0 Å². The van der Waals surface area contributed by atoms with Crippen LogP contribution in [-0.4, -0.2) is 60.2 Å². The highest BCUT2D eigenvalue weighted by molar-refractivity contribution is 4.83. The summed E-state index contributed by atoms with van der Waals surface area (Å²) in [5, 5.41) is 19.3. The molecule has 1 aliphatic heterocycles. The molecule has 0 bridgehead atoms. The SMILES string of the molecule is CCC1CCC(O)C(CN2CCOC(CO)C2)C1. The lowest BCUT2D eigenvalue weighted by atomic mass is 9.78. The van der Waals surface area contributed by atoms with Gasteiger partial charge in [-0.15, -0.1) is 0 Å². The monoisotopic (exact) mass is 257 g/mol. The van der Waals surface area contributed by atoms with Crippen molar-refractivity contribution in [2.24, 2.45) is 11.8 Å². The van der Waals surface area contributed by atoms with E-state index >= 15 is 0 Å². The van der Waals surface area contributed by atoms with Gasteiger partial charge in [0, 0.05) is 19.6 Å². The summed E-state index contributed by atoms with van der Waals surface area (Å²) in [5.74, 6) is 1.19. The third-order valence-corrected chi connectivity index (χ3v) is 4.55. The quantitative estimate of drug-likeness (QED) is 0.784. The summed E-state index contributed by atoms with van der Waals surface area (Å²) in [5.41, 5.74) is 0. The smallest absolute Gasteiger partial charge is 0.0932 e. The van der Waals surface area contributed by atoms with Crippen LogP contribution in [-0.2, 0) is 4.74 Å². The number of hydrogen-bond donors (Lipinski definition) is 2. The van der Waals surface area contributed by atoms with E-state index in [1.807, 2.05) is 0 Å². The van der Waals surface area contributed by atoms with E-state index in [0.29, 0.717) is 12.5 Å². The minimum Gasteiger partial charge on any atom is -0.394 e. The third kappa shape index (κ3) is 3.67. The summed E-state index contributed by atoms with van der Waals surface area (Å²) in [6.07, 6.45) is 4.34. The van der Waals surface area contributed by atoms with E-state index in [1.54, 1.807) is 0 Å². The first-order valence-electron chi connectivity index (χ1n) is 7.35. The molecule has 2 fully saturated rings. The van der Waals surface area contributed by atoms with Gasteiger partial charge in [0.25, 0.3) is 0 Å². The molecule has 4 atom stereocenters. The Hall–Kier alpha value is -0.160. The van der Waals surface area contributed by atoms with Crippen LogP contribution in [0.1, 0.15) is 32.6 Å². The van der Waals surface area contributed by atoms with Crippen molar-refractivity contribution in [2.75, 3.05) is 32.8 Å². The average molecular weight is 257 g/mol. The zero-order chi connectivity index (χ0) is 13.0. The highest BCUT2D eigenvalue weighted by Gasteiger charge is 2.31. The summed E-state index contributed by atoms with van der Waals surface area (Å²) in [6.45, 7) is 5.73. The maximum Gasteiger partial charge on any atom is 0.0932 e. The fraction of sp³-hybridized carbons (Fsp3) is 1.00. The van der Waals surface area contributed by atoms with Crippen LogP contribution in [0.25, 0.3) is 0 Å². The maximum atomic E-state index is 10.1. The minimum absolute atomic E-state index is 0.0403. The van der Waals surface area contributed by atoms with Gasteiger partial charge in [-0.2, -0.15) is 0 Å². The van der Waals surface area contributed by atoms with Crippen molar-refractivity contribution in [2.45, 2.75) is 44.8 Å². The van der Waals surface area contributed by atoms with Gasteiger partial charge in [-0.1, -0.05) is 13.3 Å². The van der Waals surface area contributed by atoms with Gasteiger partial charge in [-0.05, 0) is 31.1 Å². The van der Waals surface area contributed by atoms with Crippen LogP contribution in [0.5, 0.6) is 0 Å². The fourth-order valence-electron chi connectivity index (χ4n) is 3.30. The van der Waals surface area contributed by atoms with Crippen molar-refractivity contribution in [3.63, 3.8) is 0 Å². The number of ether oxygens (including phenoxy) is 1. The third-order valence-electron chi connectivity index (χ3n) is 4.55. The molecule has 1 aliphatic carbocycles. The van der Waals surface area contributed by atoms with Crippen molar-refractivity contribution < 1.29 is 14.9 Å². The Morgan fingerprint density at radius 1 is 1.33 bits per heavy atom. The number of nitrogens with zero attached hydrogens (tertiary/aromatic N) is 1. The van der Waals surface area contributed by atoms with Crippen LogP contribution in [0, 0.1) is 11.8 Å². The summed E-state index contributed by atoms with van der Waals surface area (Å²) in [4.78, 5) is 2.34. The molecule has 0 aromatic heterocycles. The molecule has 0 aromatic carbocycles. The predicted molar refractivity (Wildman–Crippen MR) is 70.4 cm³/mol. The van der Waals surface area contributed by atoms with E-state index in [4.69, 9.17) is 9.84 Å². The summed E-state index contributed by atoms with van der Waals surface area (Å²) in [6, 6.07) is 0. The van der Waals surface area contributed by atoms with Crippen molar-refractivity contribution in [1.82, 2.24) is 4.90 Å². The highest BCUT2D eigenvalue weighted by Crippen LogP contribution is 2.32. The molecule has 4 heteroatoms. The molecule has 2 rings (SSSR count). The molecular weight excluding hydrogens is 230 g/mol. The molecule has 1 heterocycles. The Labute approximate surface area is 110 Å². The summed E-state index contributed by atoms with van der Waals surface area (Å²) < 4.78 is 5.46. The predicted octanol–water partition coefficient (Wildman–Crippen LogP) is 0.867. The van der Waals surface area contributed by atoms with Crippen molar-refractivity contribution in [1.29, 1.82) is 0 Å². The first-order valence-corrected chi connectivity index (χ1v) is 7.35. The van der Waals surface area contributed by atoms with Crippen molar-refractivity contribution in [3.05, 3.63) is 0 Å². The van der Waals surface area contributed by atoms with Crippen molar-refractivity contribution >= 4 is 0 Å². The second-order valence-electron chi connectivity index (χ2n) is 5.85. The average Bonchev–Trinajstić information content (AvgIpc) is 2.41. The summed E-state index contributed by atoms with van der Waals surface area (Å²) in [7, 11) is 0. The number of aliphatic hydroxyl groups is 2. The van der Waals surface area contributed by atoms with Gasteiger partial charge in [0.05, 0.1) is 25.4 Å². The van der Waals surface area contributed by atoms with Crippen LogP contribution in [0.4, 0.5) is 0 Å². The number of rotatable bonds is 4. The number of hydrogen-bond acceptors (Lipinski definition) is 4. The first kappa shape index (κ1) is 14.3. The standard InChI is InChI=1S/C14H27NO3/c1-2-11-3-4-14(17)12(7-11)8-15-5-6-18-13(9-15)10-16/h11-14,16-17H,2-10H2,1H3. The molecule has 106 valence electrons. The number of morpholine rings is 1.